The molecule has 0 saturated carbocycles. The van der Waals surface area contributed by atoms with Gasteiger partial charge in [-0.2, -0.15) is 13.2 Å². The average Bonchev–Trinajstić information content (AvgIpc) is 2.40. The van der Waals surface area contributed by atoms with Gasteiger partial charge >= 0.3 is 6.18 Å². The molecule has 0 radical (unpaired) electrons. The van der Waals surface area contributed by atoms with Gasteiger partial charge in [0.05, 0.1) is 11.6 Å². The van der Waals surface area contributed by atoms with Crippen molar-refractivity contribution in [3.63, 3.8) is 0 Å². The maximum atomic E-state index is 13.1. The lowest BCUT2D eigenvalue weighted by Gasteiger charge is -2.22. The van der Waals surface area contributed by atoms with Crippen molar-refractivity contribution in [2.45, 2.75) is 31.5 Å². The van der Waals surface area contributed by atoms with Gasteiger partial charge in [0.1, 0.15) is 5.82 Å². The summed E-state index contributed by atoms with van der Waals surface area (Å²) in [6.45, 7) is 0.704. The zero-order chi connectivity index (χ0) is 14.8. The van der Waals surface area contributed by atoms with Crippen LogP contribution >= 0.6 is 12.4 Å². The highest BCUT2D eigenvalue weighted by Crippen LogP contribution is 2.33. The molecule has 0 aliphatic carbocycles. The Morgan fingerprint density at radius 2 is 2.00 bits per heavy atom. The maximum absolute atomic E-state index is 13.1. The molecule has 8 heteroatoms. The van der Waals surface area contributed by atoms with Gasteiger partial charge in [-0.25, -0.2) is 4.39 Å². The van der Waals surface area contributed by atoms with Crippen LogP contribution < -0.4 is 10.6 Å². The second-order valence-electron chi connectivity index (χ2n) is 4.68. The molecular formula is C13H15ClF4N2O. The summed E-state index contributed by atoms with van der Waals surface area (Å²) >= 11 is 0. The molecule has 1 saturated heterocycles. The molecule has 3 nitrogen and oxygen atoms in total. The van der Waals surface area contributed by atoms with Crippen LogP contribution in [0.5, 0.6) is 0 Å². The highest BCUT2D eigenvalue weighted by atomic mass is 35.5. The Morgan fingerprint density at radius 3 is 2.57 bits per heavy atom. The highest BCUT2D eigenvalue weighted by molar-refractivity contribution is 5.94. The van der Waals surface area contributed by atoms with Gasteiger partial charge in [0.25, 0.3) is 0 Å². The van der Waals surface area contributed by atoms with Crippen molar-refractivity contribution in [3.05, 3.63) is 29.6 Å². The van der Waals surface area contributed by atoms with Crippen LogP contribution in [0, 0.1) is 5.82 Å². The molecule has 1 aromatic carbocycles. The Morgan fingerprint density at radius 1 is 1.29 bits per heavy atom. The fraction of sp³-hybridized carbons (Fsp3) is 0.462. The number of rotatable bonds is 2. The summed E-state index contributed by atoms with van der Waals surface area (Å²) in [5.41, 5.74) is -1.44. The van der Waals surface area contributed by atoms with Crippen molar-refractivity contribution in [2.75, 3.05) is 11.9 Å². The number of nitrogens with one attached hydrogen (secondary N) is 2. The number of alkyl halides is 3. The van der Waals surface area contributed by atoms with Crippen molar-refractivity contribution in [3.8, 4) is 0 Å². The number of benzene rings is 1. The van der Waals surface area contributed by atoms with Crippen molar-refractivity contribution in [1.82, 2.24) is 5.32 Å². The van der Waals surface area contributed by atoms with Crippen LogP contribution in [0.3, 0.4) is 0 Å². The third-order valence-electron chi connectivity index (χ3n) is 3.17. The monoisotopic (exact) mass is 326 g/mol. The molecule has 2 rings (SSSR count). The second-order valence-corrected chi connectivity index (χ2v) is 4.68. The third-order valence-corrected chi connectivity index (χ3v) is 3.17. The highest BCUT2D eigenvalue weighted by Gasteiger charge is 2.34. The number of anilines is 1. The molecule has 1 amide bonds. The van der Waals surface area contributed by atoms with Crippen molar-refractivity contribution in [2.24, 2.45) is 0 Å². The molecule has 0 spiro atoms. The summed E-state index contributed by atoms with van der Waals surface area (Å²) in [5.74, 6) is -1.75. The maximum Gasteiger partial charge on any atom is 0.419 e. The minimum Gasteiger partial charge on any atom is -0.325 e. The van der Waals surface area contributed by atoms with Crippen molar-refractivity contribution >= 4 is 24.0 Å². The fourth-order valence-electron chi connectivity index (χ4n) is 2.13. The molecule has 1 atom stereocenters. The molecule has 1 aliphatic rings. The van der Waals surface area contributed by atoms with E-state index < -0.39 is 29.5 Å². The number of amides is 1. The standard InChI is InChI=1S/C13H14F4N2O.ClH/c14-10-5-4-8(7-9(10)13(15,16)17)19-12(20)11-3-1-2-6-18-11;/h4-5,7,11,18H,1-3,6H2,(H,19,20);1H/t11-;/m1./s1. The van der Waals surface area contributed by atoms with Gasteiger partial charge in [-0.15, -0.1) is 12.4 Å². The summed E-state index contributed by atoms with van der Waals surface area (Å²) in [7, 11) is 0. The molecule has 0 unspecified atom stereocenters. The number of carbonyl (C=O) groups excluding carboxylic acids is 1. The Balaban J connectivity index is 0.00000220. The van der Waals surface area contributed by atoms with Crippen LogP contribution in [0.15, 0.2) is 18.2 Å². The molecule has 1 aromatic rings. The number of carbonyl (C=O) groups is 1. The SMILES string of the molecule is Cl.O=C(Nc1ccc(F)c(C(F)(F)F)c1)[C@H]1CCCCN1. The third kappa shape index (κ3) is 4.57. The van der Waals surface area contributed by atoms with Crippen LogP contribution in [0.1, 0.15) is 24.8 Å². The van der Waals surface area contributed by atoms with Crippen LogP contribution in [0.2, 0.25) is 0 Å². The van der Waals surface area contributed by atoms with E-state index in [0.717, 1.165) is 18.9 Å². The Bertz CT molecular complexity index is 501. The quantitative estimate of drug-likeness (QED) is 0.818. The number of hydrogen-bond donors (Lipinski definition) is 2. The molecule has 21 heavy (non-hydrogen) atoms. The van der Waals surface area contributed by atoms with Gasteiger partial charge in [0.2, 0.25) is 5.91 Å². The minimum absolute atomic E-state index is 0. The zero-order valence-corrected chi connectivity index (χ0v) is 11.8. The normalized spacial score (nSPS) is 18.8. The van der Waals surface area contributed by atoms with E-state index in [1.54, 1.807) is 0 Å². The number of hydrogen-bond acceptors (Lipinski definition) is 2. The zero-order valence-electron chi connectivity index (χ0n) is 11.0. The average molecular weight is 327 g/mol. The summed E-state index contributed by atoms with van der Waals surface area (Å²) in [5, 5.41) is 5.37. The van der Waals surface area contributed by atoms with E-state index in [2.05, 4.69) is 10.6 Å². The van der Waals surface area contributed by atoms with Crippen molar-refractivity contribution < 1.29 is 22.4 Å². The molecular weight excluding hydrogens is 312 g/mol. The lowest BCUT2D eigenvalue weighted by molar-refractivity contribution is -0.140. The Kier molecular flexibility index (Phi) is 5.98. The second kappa shape index (κ2) is 7.09. The van der Waals surface area contributed by atoms with E-state index in [0.29, 0.717) is 25.1 Å². The largest absolute Gasteiger partial charge is 0.419 e. The molecule has 118 valence electrons. The first-order valence-electron chi connectivity index (χ1n) is 6.29. The van der Waals surface area contributed by atoms with E-state index in [4.69, 9.17) is 0 Å². The van der Waals surface area contributed by atoms with Crippen LogP contribution in [-0.4, -0.2) is 18.5 Å². The van der Waals surface area contributed by atoms with Gasteiger partial charge in [0, 0.05) is 5.69 Å². The topological polar surface area (TPSA) is 41.1 Å². The molecule has 1 heterocycles. The summed E-state index contributed by atoms with van der Waals surface area (Å²) < 4.78 is 50.8. The van der Waals surface area contributed by atoms with Gasteiger partial charge in [-0.3, -0.25) is 4.79 Å². The number of piperidine rings is 1. The molecule has 1 aliphatic heterocycles. The molecule has 1 fully saturated rings. The molecule has 0 aromatic heterocycles. The van der Waals surface area contributed by atoms with Gasteiger partial charge in [0.15, 0.2) is 0 Å². The van der Waals surface area contributed by atoms with Gasteiger partial charge < -0.3 is 10.6 Å². The predicted octanol–water partition coefficient (Wildman–Crippen LogP) is 3.35. The minimum atomic E-state index is -4.78. The molecule has 0 bridgehead atoms. The summed E-state index contributed by atoms with van der Waals surface area (Å²) in [4.78, 5) is 11.9. The lowest BCUT2D eigenvalue weighted by Crippen LogP contribution is -2.43. The van der Waals surface area contributed by atoms with Crippen LogP contribution in [0.25, 0.3) is 0 Å². The Hall–Kier alpha value is -1.34. The summed E-state index contributed by atoms with van der Waals surface area (Å²) in [6, 6.07) is 2.01. The van der Waals surface area contributed by atoms with E-state index >= 15 is 0 Å². The van der Waals surface area contributed by atoms with E-state index in [9.17, 15) is 22.4 Å². The van der Waals surface area contributed by atoms with Gasteiger partial charge in [-0.05, 0) is 37.6 Å². The van der Waals surface area contributed by atoms with E-state index in [1.807, 2.05) is 0 Å². The Labute approximate surface area is 125 Å². The van der Waals surface area contributed by atoms with Crippen molar-refractivity contribution in [1.29, 1.82) is 0 Å². The number of halogens is 5. The predicted molar refractivity (Wildman–Crippen MR) is 72.9 cm³/mol. The van der Waals surface area contributed by atoms with E-state index in [-0.39, 0.29) is 18.1 Å². The van der Waals surface area contributed by atoms with E-state index in [1.165, 1.54) is 0 Å². The van der Waals surface area contributed by atoms with Crippen LogP contribution in [-0.2, 0) is 11.0 Å². The molecule has 2 N–H and O–H groups in total. The summed E-state index contributed by atoms with van der Waals surface area (Å²) in [6.07, 6.45) is -2.28. The lowest BCUT2D eigenvalue weighted by atomic mass is 10.0. The van der Waals surface area contributed by atoms with Gasteiger partial charge in [-0.1, -0.05) is 6.42 Å². The first-order chi connectivity index (χ1) is 9.38. The van der Waals surface area contributed by atoms with Crippen LogP contribution in [0.4, 0.5) is 23.2 Å². The smallest absolute Gasteiger partial charge is 0.325 e. The fourth-order valence-corrected chi connectivity index (χ4v) is 2.13. The first-order valence-corrected chi connectivity index (χ1v) is 6.29. The first kappa shape index (κ1) is 17.7.